The van der Waals surface area contributed by atoms with Crippen LogP contribution in [0.15, 0.2) is 18.2 Å². The van der Waals surface area contributed by atoms with Crippen molar-refractivity contribution in [2.45, 2.75) is 26.7 Å². The number of nitro groups is 1. The van der Waals surface area contributed by atoms with E-state index in [1.807, 2.05) is 0 Å². The van der Waals surface area contributed by atoms with Gasteiger partial charge in [0.05, 0.1) is 11.5 Å². The van der Waals surface area contributed by atoms with Crippen molar-refractivity contribution in [2.24, 2.45) is 5.92 Å². The third-order valence-electron chi connectivity index (χ3n) is 2.31. The zero-order chi connectivity index (χ0) is 12.8. The summed E-state index contributed by atoms with van der Waals surface area (Å²) in [6.45, 7) is 4.73. The Kier molecular flexibility index (Phi) is 4.87. The molecule has 0 bridgehead atoms. The first kappa shape index (κ1) is 13.4. The molecular formula is C12H16FNO3. The van der Waals surface area contributed by atoms with Gasteiger partial charge in [-0.25, -0.2) is 0 Å². The molecule has 0 amide bonds. The lowest BCUT2D eigenvalue weighted by molar-refractivity contribution is -0.387. The first-order chi connectivity index (χ1) is 8.00. The number of benzene rings is 1. The summed E-state index contributed by atoms with van der Waals surface area (Å²) in [4.78, 5) is 9.64. The van der Waals surface area contributed by atoms with Crippen LogP contribution in [-0.4, -0.2) is 11.5 Å². The normalized spacial score (nSPS) is 10.6. The highest BCUT2D eigenvalue weighted by molar-refractivity contribution is 5.37. The Morgan fingerprint density at radius 1 is 1.47 bits per heavy atom. The molecule has 1 aromatic carbocycles. The highest BCUT2D eigenvalue weighted by atomic mass is 19.1. The van der Waals surface area contributed by atoms with Crippen LogP contribution in [0.1, 0.15) is 26.7 Å². The van der Waals surface area contributed by atoms with Crippen LogP contribution in [0.4, 0.5) is 10.1 Å². The van der Waals surface area contributed by atoms with Gasteiger partial charge in [0.1, 0.15) is 5.75 Å². The molecule has 0 N–H and O–H groups in total. The van der Waals surface area contributed by atoms with Gasteiger partial charge in [-0.15, -0.1) is 0 Å². The Hall–Kier alpha value is -1.65. The van der Waals surface area contributed by atoms with Gasteiger partial charge in [0.2, 0.25) is 5.82 Å². The molecule has 4 nitrogen and oxygen atoms in total. The number of halogens is 1. The van der Waals surface area contributed by atoms with Crippen molar-refractivity contribution in [3.63, 3.8) is 0 Å². The fourth-order valence-electron chi connectivity index (χ4n) is 1.41. The van der Waals surface area contributed by atoms with Crippen molar-refractivity contribution in [3.05, 3.63) is 34.1 Å². The second kappa shape index (κ2) is 6.18. The zero-order valence-corrected chi connectivity index (χ0v) is 9.98. The fraction of sp³-hybridized carbons (Fsp3) is 0.500. The lowest BCUT2D eigenvalue weighted by Gasteiger charge is -2.07. The SMILES string of the molecule is CC(C)CCCOc1ccc([N+](=O)[O-])c(F)c1. The molecule has 0 atom stereocenters. The van der Waals surface area contributed by atoms with E-state index in [1.54, 1.807) is 0 Å². The number of hydrogen-bond donors (Lipinski definition) is 0. The molecule has 0 spiro atoms. The summed E-state index contributed by atoms with van der Waals surface area (Å²) in [7, 11) is 0. The van der Waals surface area contributed by atoms with Crippen molar-refractivity contribution >= 4 is 5.69 Å². The smallest absolute Gasteiger partial charge is 0.305 e. The lowest BCUT2D eigenvalue weighted by atomic mass is 10.1. The first-order valence-electron chi connectivity index (χ1n) is 5.57. The maximum atomic E-state index is 13.2. The van der Waals surface area contributed by atoms with E-state index in [1.165, 1.54) is 6.07 Å². The largest absolute Gasteiger partial charge is 0.493 e. The molecule has 1 rings (SSSR count). The molecule has 0 aliphatic carbocycles. The van der Waals surface area contributed by atoms with Crippen molar-refractivity contribution in [3.8, 4) is 5.75 Å². The van der Waals surface area contributed by atoms with Gasteiger partial charge in [0, 0.05) is 12.1 Å². The number of nitro benzene ring substituents is 1. The second-order valence-corrected chi connectivity index (χ2v) is 4.25. The van der Waals surface area contributed by atoms with Gasteiger partial charge in [0.15, 0.2) is 0 Å². The highest BCUT2D eigenvalue weighted by Gasteiger charge is 2.13. The summed E-state index contributed by atoms with van der Waals surface area (Å²) >= 11 is 0. The van der Waals surface area contributed by atoms with Crippen LogP contribution in [0.3, 0.4) is 0 Å². The van der Waals surface area contributed by atoms with Gasteiger partial charge < -0.3 is 4.74 Å². The first-order valence-corrected chi connectivity index (χ1v) is 5.57. The highest BCUT2D eigenvalue weighted by Crippen LogP contribution is 2.22. The predicted molar refractivity (Wildman–Crippen MR) is 62.6 cm³/mol. The van der Waals surface area contributed by atoms with Crippen LogP contribution < -0.4 is 4.74 Å². The maximum Gasteiger partial charge on any atom is 0.305 e. The molecule has 0 aliphatic heterocycles. The second-order valence-electron chi connectivity index (χ2n) is 4.25. The van der Waals surface area contributed by atoms with Crippen LogP contribution in [0, 0.1) is 21.8 Å². The standard InChI is InChI=1S/C12H16FNO3/c1-9(2)4-3-7-17-10-5-6-12(14(15)16)11(13)8-10/h5-6,8-9H,3-4,7H2,1-2H3. The van der Waals surface area contributed by atoms with Crippen LogP contribution in [-0.2, 0) is 0 Å². The van der Waals surface area contributed by atoms with E-state index >= 15 is 0 Å². The molecule has 0 unspecified atom stereocenters. The molecule has 94 valence electrons. The summed E-state index contributed by atoms with van der Waals surface area (Å²) < 4.78 is 18.5. The van der Waals surface area contributed by atoms with Crippen molar-refractivity contribution in [2.75, 3.05) is 6.61 Å². The van der Waals surface area contributed by atoms with Gasteiger partial charge in [-0.3, -0.25) is 10.1 Å². The summed E-state index contributed by atoms with van der Waals surface area (Å²) in [6.07, 6.45) is 1.92. The predicted octanol–water partition coefficient (Wildman–Crippen LogP) is 3.55. The molecule has 0 aliphatic rings. The molecule has 0 saturated carbocycles. The van der Waals surface area contributed by atoms with Crippen LogP contribution in [0.5, 0.6) is 5.75 Å². The topological polar surface area (TPSA) is 52.4 Å². The van der Waals surface area contributed by atoms with Crippen LogP contribution >= 0.6 is 0 Å². The summed E-state index contributed by atoms with van der Waals surface area (Å²) in [5, 5.41) is 10.4. The molecule has 0 saturated heterocycles. The molecular weight excluding hydrogens is 225 g/mol. The number of rotatable bonds is 6. The Morgan fingerprint density at radius 2 is 2.18 bits per heavy atom. The van der Waals surface area contributed by atoms with E-state index in [4.69, 9.17) is 4.74 Å². The average Bonchev–Trinajstić information content (AvgIpc) is 2.23. The van der Waals surface area contributed by atoms with Crippen LogP contribution in [0.25, 0.3) is 0 Å². The molecule has 5 heteroatoms. The fourth-order valence-corrected chi connectivity index (χ4v) is 1.41. The van der Waals surface area contributed by atoms with Gasteiger partial charge in [-0.2, -0.15) is 4.39 Å². The van der Waals surface area contributed by atoms with E-state index in [-0.39, 0.29) is 0 Å². The Morgan fingerprint density at radius 3 is 2.71 bits per heavy atom. The number of nitrogens with zero attached hydrogens (tertiary/aromatic N) is 1. The molecule has 0 aromatic heterocycles. The lowest BCUT2D eigenvalue weighted by Crippen LogP contribution is -2.00. The Labute approximate surface area is 99.6 Å². The quantitative estimate of drug-likeness (QED) is 0.434. The van der Waals surface area contributed by atoms with E-state index in [0.29, 0.717) is 18.3 Å². The Balaban J connectivity index is 2.50. The zero-order valence-electron chi connectivity index (χ0n) is 9.98. The third kappa shape index (κ3) is 4.38. The molecule has 0 heterocycles. The van der Waals surface area contributed by atoms with Crippen LogP contribution in [0.2, 0.25) is 0 Å². The number of ether oxygens (including phenoxy) is 1. The Bertz CT molecular complexity index is 393. The van der Waals surface area contributed by atoms with E-state index in [2.05, 4.69) is 13.8 Å². The minimum Gasteiger partial charge on any atom is -0.493 e. The third-order valence-corrected chi connectivity index (χ3v) is 2.31. The van der Waals surface area contributed by atoms with Gasteiger partial charge in [-0.1, -0.05) is 13.8 Å². The van der Waals surface area contributed by atoms with Gasteiger partial charge >= 0.3 is 5.69 Å². The monoisotopic (exact) mass is 241 g/mol. The van der Waals surface area contributed by atoms with E-state index in [0.717, 1.165) is 25.0 Å². The average molecular weight is 241 g/mol. The molecule has 0 fully saturated rings. The maximum absolute atomic E-state index is 13.2. The molecule has 1 aromatic rings. The van der Waals surface area contributed by atoms with E-state index in [9.17, 15) is 14.5 Å². The minimum atomic E-state index is -0.864. The minimum absolute atomic E-state index is 0.330. The summed E-state index contributed by atoms with van der Waals surface area (Å²) in [5.41, 5.74) is -0.528. The summed E-state index contributed by atoms with van der Waals surface area (Å²) in [5.74, 6) is 0.0698. The molecule has 17 heavy (non-hydrogen) atoms. The van der Waals surface area contributed by atoms with Crippen molar-refractivity contribution in [1.29, 1.82) is 0 Å². The summed E-state index contributed by atoms with van der Waals surface area (Å²) in [6, 6.07) is 3.58. The van der Waals surface area contributed by atoms with E-state index < -0.39 is 16.4 Å². The van der Waals surface area contributed by atoms with Gasteiger partial charge in [-0.05, 0) is 24.8 Å². The van der Waals surface area contributed by atoms with Gasteiger partial charge in [0.25, 0.3) is 0 Å². The van der Waals surface area contributed by atoms with Crippen molar-refractivity contribution < 1.29 is 14.1 Å². The van der Waals surface area contributed by atoms with Crippen molar-refractivity contribution in [1.82, 2.24) is 0 Å². The molecule has 0 radical (unpaired) electrons. The number of hydrogen-bond acceptors (Lipinski definition) is 3.